The Balaban J connectivity index is 1.69. The van der Waals surface area contributed by atoms with Crippen molar-refractivity contribution in [1.29, 1.82) is 0 Å². The number of rotatable bonds is 6. The first-order chi connectivity index (χ1) is 11.1. The van der Waals surface area contributed by atoms with Crippen molar-refractivity contribution in [3.05, 3.63) is 65.7 Å². The van der Waals surface area contributed by atoms with Crippen LogP contribution in [0.5, 0.6) is 5.75 Å². The molecule has 0 bridgehead atoms. The molecule has 0 fully saturated rings. The van der Waals surface area contributed by atoms with Gasteiger partial charge >= 0.3 is 6.03 Å². The number of carbonyl (C=O) groups is 1. The van der Waals surface area contributed by atoms with Crippen molar-refractivity contribution in [3.63, 3.8) is 0 Å². The number of ether oxygens (including phenoxy) is 1. The van der Waals surface area contributed by atoms with E-state index in [-0.39, 0.29) is 31.0 Å². The van der Waals surface area contributed by atoms with Crippen LogP contribution in [0.15, 0.2) is 48.5 Å². The smallest absolute Gasteiger partial charge is 0.315 e. The normalized spacial score (nSPS) is 11.6. The SMILES string of the molecule is CC(NC(=O)NCCOc1ccc(F)c(F)c1)c1ccccc1. The van der Waals surface area contributed by atoms with Crippen LogP contribution in [0.1, 0.15) is 18.5 Å². The highest BCUT2D eigenvalue weighted by Gasteiger charge is 2.08. The molecule has 1 unspecified atom stereocenters. The summed E-state index contributed by atoms with van der Waals surface area (Å²) in [5.41, 5.74) is 1.00. The average molecular weight is 320 g/mol. The van der Waals surface area contributed by atoms with Gasteiger partial charge in [0.2, 0.25) is 0 Å². The lowest BCUT2D eigenvalue weighted by atomic mass is 10.1. The van der Waals surface area contributed by atoms with Gasteiger partial charge in [-0.2, -0.15) is 0 Å². The van der Waals surface area contributed by atoms with Gasteiger partial charge in [0, 0.05) is 6.07 Å². The molecular formula is C17H18F2N2O2. The average Bonchev–Trinajstić information content (AvgIpc) is 2.55. The van der Waals surface area contributed by atoms with E-state index in [4.69, 9.17) is 4.74 Å². The third kappa shape index (κ3) is 5.25. The highest BCUT2D eigenvalue weighted by molar-refractivity contribution is 5.74. The van der Waals surface area contributed by atoms with Crippen LogP contribution < -0.4 is 15.4 Å². The van der Waals surface area contributed by atoms with Crippen LogP contribution >= 0.6 is 0 Å². The summed E-state index contributed by atoms with van der Waals surface area (Å²) >= 11 is 0. The van der Waals surface area contributed by atoms with Gasteiger partial charge < -0.3 is 15.4 Å². The first kappa shape index (κ1) is 16.7. The van der Waals surface area contributed by atoms with E-state index in [2.05, 4.69) is 10.6 Å². The predicted octanol–water partition coefficient (Wildman–Crippen LogP) is 3.40. The molecule has 6 heteroatoms. The van der Waals surface area contributed by atoms with E-state index >= 15 is 0 Å². The fourth-order valence-electron chi connectivity index (χ4n) is 1.97. The number of amides is 2. The zero-order chi connectivity index (χ0) is 16.7. The Morgan fingerprint density at radius 2 is 1.87 bits per heavy atom. The monoisotopic (exact) mass is 320 g/mol. The van der Waals surface area contributed by atoms with Crippen molar-refractivity contribution in [3.8, 4) is 5.75 Å². The summed E-state index contributed by atoms with van der Waals surface area (Å²) in [4.78, 5) is 11.7. The zero-order valence-corrected chi connectivity index (χ0v) is 12.7. The minimum Gasteiger partial charge on any atom is -0.492 e. The number of nitrogens with one attached hydrogen (secondary N) is 2. The molecule has 0 saturated carbocycles. The number of halogens is 2. The van der Waals surface area contributed by atoms with Crippen LogP contribution in [0, 0.1) is 11.6 Å². The molecule has 0 aromatic heterocycles. The Morgan fingerprint density at radius 1 is 1.13 bits per heavy atom. The molecule has 1 atom stereocenters. The van der Waals surface area contributed by atoms with Crippen LogP contribution in [-0.4, -0.2) is 19.2 Å². The molecule has 0 heterocycles. The predicted molar refractivity (Wildman–Crippen MR) is 83.2 cm³/mol. The van der Waals surface area contributed by atoms with Crippen molar-refractivity contribution in [2.24, 2.45) is 0 Å². The summed E-state index contributed by atoms with van der Waals surface area (Å²) in [5.74, 6) is -1.68. The molecule has 122 valence electrons. The second kappa shape index (κ2) is 8.12. The summed E-state index contributed by atoms with van der Waals surface area (Å²) < 4.78 is 31.0. The Kier molecular flexibility index (Phi) is 5.91. The van der Waals surface area contributed by atoms with E-state index in [0.29, 0.717) is 0 Å². The van der Waals surface area contributed by atoms with Crippen LogP contribution in [0.2, 0.25) is 0 Å². The first-order valence-corrected chi connectivity index (χ1v) is 7.23. The maximum atomic E-state index is 13.0. The third-order valence-electron chi connectivity index (χ3n) is 3.19. The first-order valence-electron chi connectivity index (χ1n) is 7.23. The summed E-state index contributed by atoms with van der Waals surface area (Å²) in [6.07, 6.45) is 0. The molecule has 0 aliphatic rings. The minimum absolute atomic E-state index is 0.122. The number of hydrogen-bond acceptors (Lipinski definition) is 2. The van der Waals surface area contributed by atoms with Crippen LogP contribution in [-0.2, 0) is 0 Å². The van der Waals surface area contributed by atoms with Gasteiger partial charge in [0.15, 0.2) is 11.6 Å². The number of carbonyl (C=O) groups excluding carboxylic acids is 1. The van der Waals surface area contributed by atoms with Crippen LogP contribution in [0.25, 0.3) is 0 Å². The third-order valence-corrected chi connectivity index (χ3v) is 3.19. The van der Waals surface area contributed by atoms with Crippen LogP contribution in [0.4, 0.5) is 13.6 Å². The van der Waals surface area contributed by atoms with Gasteiger partial charge in [0.1, 0.15) is 12.4 Å². The minimum atomic E-state index is -0.968. The molecule has 2 amide bonds. The molecule has 0 radical (unpaired) electrons. The Hall–Kier alpha value is -2.63. The molecule has 4 nitrogen and oxygen atoms in total. The summed E-state index contributed by atoms with van der Waals surface area (Å²) in [6, 6.07) is 12.4. The number of benzene rings is 2. The van der Waals surface area contributed by atoms with E-state index in [0.717, 1.165) is 17.7 Å². The largest absolute Gasteiger partial charge is 0.492 e. The van der Waals surface area contributed by atoms with Crippen LogP contribution in [0.3, 0.4) is 0 Å². The molecule has 0 aliphatic heterocycles. The van der Waals surface area contributed by atoms with E-state index < -0.39 is 11.6 Å². The molecule has 2 aromatic rings. The maximum absolute atomic E-state index is 13.0. The molecule has 0 spiro atoms. The quantitative estimate of drug-likeness (QED) is 0.802. The van der Waals surface area contributed by atoms with Crippen molar-refractivity contribution in [2.45, 2.75) is 13.0 Å². The van der Waals surface area contributed by atoms with Crippen molar-refractivity contribution in [1.82, 2.24) is 10.6 Å². The Bertz CT molecular complexity index is 650. The van der Waals surface area contributed by atoms with Crippen molar-refractivity contribution in [2.75, 3.05) is 13.2 Å². The van der Waals surface area contributed by atoms with E-state index in [1.807, 2.05) is 37.3 Å². The zero-order valence-electron chi connectivity index (χ0n) is 12.7. The highest BCUT2D eigenvalue weighted by atomic mass is 19.2. The van der Waals surface area contributed by atoms with Crippen molar-refractivity contribution >= 4 is 6.03 Å². The van der Waals surface area contributed by atoms with Gasteiger partial charge in [-0.25, -0.2) is 13.6 Å². The fourth-order valence-corrected chi connectivity index (χ4v) is 1.97. The van der Waals surface area contributed by atoms with E-state index in [1.54, 1.807) is 0 Å². The number of hydrogen-bond donors (Lipinski definition) is 2. The molecule has 2 aromatic carbocycles. The lowest BCUT2D eigenvalue weighted by Gasteiger charge is -2.15. The Labute approximate surface area is 133 Å². The van der Waals surface area contributed by atoms with E-state index in [9.17, 15) is 13.6 Å². The van der Waals surface area contributed by atoms with E-state index in [1.165, 1.54) is 6.07 Å². The topological polar surface area (TPSA) is 50.4 Å². The second-order valence-corrected chi connectivity index (χ2v) is 4.96. The van der Waals surface area contributed by atoms with Gasteiger partial charge in [-0.15, -0.1) is 0 Å². The highest BCUT2D eigenvalue weighted by Crippen LogP contribution is 2.15. The van der Waals surface area contributed by atoms with Crippen molar-refractivity contribution < 1.29 is 18.3 Å². The van der Waals surface area contributed by atoms with Gasteiger partial charge in [-0.3, -0.25) is 0 Å². The molecule has 0 aliphatic carbocycles. The standard InChI is InChI=1S/C17H18F2N2O2/c1-12(13-5-3-2-4-6-13)21-17(22)20-9-10-23-14-7-8-15(18)16(19)11-14/h2-8,11-12H,9-10H2,1H3,(H2,20,21,22). The number of urea groups is 1. The summed E-state index contributed by atoms with van der Waals surface area (Å²) in [7, 11) is 0. The summed E-state index contributed by atoms with van der Waals surface area (Å²) in [6.45, 7) is 2.28. The summed E-state index contributed by atoms with van der Waals surface area (Å²) in [5, 5.41) is 5.43. The van der Waals surface area contributed by atoms with Gasteiger partial charge in [0.05, 0.1) is 12.6 Å². The van der Waals surface area contributed by atoms with Gasteiger partial charge in [0.25, 0.3) is 0 Å². The Morgan fingerprint density at radius 3 is 2.57 bits per heavy atom. The lowest BCUT2D eigenvalue weighted by molar-refractivity contribution is 0.233. The van der Waals surface area contributed by atoms with Gasteiger partial charge in [-0.05, 0) is 24.6 Å². The lowest BCUT2D eigenvalue weighted by Crippen LogP contribution is -2.38. The maximum Gasteiger partial charge on any atom is 0.315 e. The molecule has 23 heavy (non-hydrogen) atoms. The molecular weight excluding hydrogens is 302 g/mol. The van der Waals surface area contributed by atoms with Gasteiger partial charge in [-0.1, -0.05) is 30.3 Å². The molecule has 2 N–H and O–H groups in total. The second-order valence-electron chi connectivity index (χ2n) is 4.96. The molecule has 2 rings (SSSR count). The fraction of sp³-hybridized carbons (Fsp3) is 0.235. The molecule has 0 saturated heterocycles.